The third kappa shape index (κ3) is 3.91. The molecular weight excluding hydrogens is 386 g/mol. The molecule has 0 saturated heterocycles. The van der Waals surface area contributed by atoms with E-state index in [1.54, 1.807) is 43.3 Å². The van der Waals surface area contributed by atoms with E-state index < -0.39 is 11.9 Å². The zero-order valence-corrected chi connectivity index (χ0v) is 15.7. The second-order valence-corrected chi connectivity index (χ2v) is 6.56. The Kier molecular flexibility index (Phi) is 5.38. The van der Waals surface area contributed by atoms with Crippen LogP contribution in [0.5, 0.6) is 0 Å². The van der Waals surface area contributed by atoms with E-state index in [1.165, 1.54) is 6.07 Å². The number of thiocarbonyl (C=S) groups is 1. The van der Waals surface area contributed by atoms with Gasteiger partial charge in [0, 0.05) is 10.6 Å². The lowest BCUT2D eigenvalue weighted by atomic mass is 10.0. The number of halogens is 1. The highest BCUT2D eigenvalue weighted by molar-refractivity contribution is 7.80. The summed E-state index contributed by atoms with van der Waals surface area (Å²) in [5.41, 5.74) is 6.93. The van der Waals surface area contributed by atoms with E-state index >= 15 is 0 Å². The van der Waals surface area contributed by atoms with Crippen LogP contribution in [0.25, 0.3) is 0 Å². The Morgan fingerprint density at radius 3 is 2.59 bits per heavy atom. The van der Waals surface area contributed by atoms with Crippen LogP contribution in [0.3, 0.4) is 0 Å². The molecule has 0 saturated carbocycles. The number of carbonyl (C=O) groups is 2. The molecule has 9 heteroatoms. The predicted octanol–water partition coefficient (Wildman–Crippen LogP) is 3.49. The number of hydrogen-bond acceptors (Lipinski definition) is 6. The van der Waals surface area contributed by atoms with Crippen molar-refractivity contribution in [2.75, 3.05) is 0 Å². The fourth-order valence-corrected chi connectivity index (χ4v) is 2.79. The van der Waals surface area contributed by atoms with Gasteiger partial charge < -0.3 is 5.73 Å². The first kappa shape index (κ1) is 18.8. The molecule has 1 aliphatic rings. The maximum absolute atomic E-state index is 12.8. The molecule has 27 heavy (non-hydrogen) atoms. The van der Waals surface area contributed by atoms with E-state index in [4.69, 9.17) is 29.6 Å². The van der Waals surface area contributed by atoms with Crippen LogP contribution < -0.4 is 5.73 Å². The number of rotatable bonds is 4. The quantitative estimate of drug-likeness (QED) is 0.483. The summed E-state index contributed by atoms with van der Waals surface area (Å²) in [5, 5.41) is 13.3. The summed E-state index contributed by atoms with van der Waals surface area (Å²) in [7, 11) is 0. The van der Waals surface area contributed by atoms with Gasteiger partial charge in [-0.1, -0.05) is 41.9 Å². The Hall–Kier alpha value is -2.97. The van der Waals surface area contributed by atoms with Crippen molar-refractivity contribution in [3.63, 3.8) is 0 Å². The lowest BCUT2D eigenvalue weighted by Crippen LogP contribution is -2.37. The normalized spacial score (nSPS) is 16.7. The van der Waals surface area contributed by atoms with E-state index in [9.17, 15) is 9.59 Å². The molecule has 0 bridgehead atoms. The Bertz CT molecular complexity index is 991. The van der Waals surface area contributed by atoms with E-state index in [0.29, 0.717) is 22.0 Å². The molecule has 1 aliphatic heterocycles. The third-order valence-corrected chi connectivity index (χ3v) is 4.23. The van der Waals surface area contributed by atoms with Gasteiger partial charge in [0.15, 0.2) is 16.9 Å². The second-order valence-electron chi connectivity index (χ2n) is 5.70. The molecule has 0 fully saturated rings. The summed E-state index contributed by atoms with van der Waals surface area (Å²) in [6.07, 6.45) is 0. The summed E-state index contributed by atoms with van der Waals surface area (Å²) in [5.74, 6) is -0.742. The highest BCUT2D eigenvalue weighted by Crippen LogP contribution is 2.27. The number of ketones is 1. The number of nitrogens with zero attached hydrogens (tertiary/aromatic N) is 4. The summed E-state index contributed by atoms with van der Waals surface area (Å²) in [4.78, 5) is 25.1. The summed E-state index contributed by atoms with van der Waals surface area (Å²) in [6.45, 7) is 1.62. The van der Waals surface area contributed by atoms with Gasteiger partial charge in [0.1, 0.15) is 0 Å². The number of nitrogens with two attached hydrogens (primary N) is 1. The van der Waals surface area contributed by atoms with Crippen LogP contribution in [0, 0.1) is 0 Å². The fourth-order valence-electron chi connectivity index (χ4n) is 2.49. The van der Waals surface area contributed by atoms with Gasteiger partial charge in [0.25, 0.3) is 5.91 Å². The number of hydrogen-bond donors (Lipinski definition) is 1. The lowest BCUT2D eigenvalue weighted by Gasteiger charge is -2.09. The Morgan fingerprint density at radius 1 is 1.26 bits per heavy atom. The van der Waals surface area contributed by atoms with Crippen molar-refractivity contribution < 1.29 is 9.59 Å². The van der Waals surface area contributed by atoms with Crippen molar-refractivity contribution in [3.8, 4) is 0 Å². The maximum atomic E-state index is 12.8. The Balaban J connectivity index is 1.93. The highest BCUT2D eigenvalue weighted by Gasteiger charge is 2.35. The topological polar surface area (TPSA) is 100 Å². The number of azo groups is 1. The summed E-state index contributed by atoms with van der Waals surface area (Å²) < 4.78 is 0. The van der Waals surface area contributed by atoms with Gasteiger partial charge in [-0.15, -0.1) is 0 Å². The van der Waals surface area contributed by atoms with Gasteiger partial charge in [-0.3, -0.25) is 9.59 Å². The molecule has 0 unspecified atom stereocenters. The van der Waals surface area contributed by atoms with E-state index in [0.717, 1.165) is 5.01 Å². The van der Waals surface area contributed by atoms with Crippen LogP contribution in [-0.2, 0) is 4.79 Å². The second kappa shape index (κ2) is 7.73. The highest BCUT2D eigenvalue weighted by atomic mass is 35.5. The van der Waals surface area contributed by atoms with Crippen LogP contribution in [0.4, 0.5) is 5.69 Å². The van der Waals surface area contributed by atoms with Crippen LogP contribution in [0.1, 0.15) is 22.8 Å². The number of hydrazone groups is 1. The number of benzene rings is 2. The number of amides is 1. The molecular formula is C18H14ClN5O2S. The van der Waals surface area contributed by atoms with E-state index in [1.807, 2.05) is 6.07 Å². The van der Waals surface area contributed by atoms with Crippen LogP contribution in [0.15, 0.2) is 63.9 Å². The van der Waals surface area contributed by atoms with Gasteiger partial charge in [0.2, 0.25) is 0 Å². The third-order valence-electron chi connectivity index (χ3n) is 3.83. The molecule has 1 amide bonds. The van der Waals surface area contributed by atoms with Gasteiger partial charge in [-0.2, -0.15) is 20.3 Å². The summed E-state index contributed by atoms with van der Waals surface area (Å²) in [6, 6.07) is 12.5. The maximum Gasteiger partial charge on any atom is 0.282 e. The largest absolute Gasteiger partial charge is 0.374 e. The van der Waals surface area contributed by atoms with Crippen molar-refractivity contribution in [2.24, 2.45) is 21.1 Å². The zero-order valence-electron chi connectivity index (χ0n) is 14.2. The molecule has 3 rings (SSSR count). The lowest BCUT2D eigenvalue weighted by molar-refractivity contribution is -0.126. The van der Waals surface area contributed by atoms with Gasteiger partial charge in [-0.05, 0) is 37.3 Å². The Morgan fingerprint density at radius 2 is 1.96 bits per heavy atom. The molecule has 1 atom stereocenters. The molecule has 136 valence electrons. The van der Waals surface area contributed by atoms with Crippen molar-refractivity contribution in [1.82, 2.24) is 5.01 Å². The van der Waals surface area contributed by atoms with Crippen molar-refractivity contribution in [2.45, 2.75) is 13.0 Å². The zero-order chi connectivity index (χ0) is 19.6. The predicted molar refractivity (Wildman–Crippen MR) is 106 cm³/mol. The van der Waals surface area contributed by atoms with Gasteiger partial charge in [-0.25, -0.2) is 0 Å². The standard InChI is InChI=1S/C18H14ClN5O2S/c1-10-15(17(26)24(23-10)18(20)27)22-21-14-8-7-12(19)9-13(14)16(25)11-5-3-2-4-6-11/h2-9,15H,1H3,(H2,20,27)/t15-/m0/s1. The van der Waals surface area contributed by atoms with Crippen LogP contribution >= 0.6 is 23.8 Å². The molecule has 0 aliphatic carbocycles. The SMILES string of the molecule is CC1=NN(C(N)=S)C(=O)[C@H]1N=Nc1ccc(Cl)cc1C(=O)c1ccccc1. The van der Waals surface area contributed by atoms with Crippen molar-refractivity contribution in [3.05, 3.63) is 64.7 Å². The van der Waals surface area contributed by atoms with Crippen LogP contribution in [0.2, 0.25) is 5.02 Å². The Labute approximate surface area is 165 Å². The monoisotopic (exact) mass is 399 g/mol. The van der Waals surface area contributed by atoms with E-state index in [-0.39, 0.29) is 16.5 Å². The summed E-state index contributed by atoms with van der Waals surface area (Å²) >= 11 is 10.8. The molecule has 2 aromatic carbocycles. The minimum Gasteiger partial charge on any atom is -0.374 e. The number of carbonyl (C=O) groups excluding carboxylic acids is 2. The first-order valence-corrected chi connectivity index (χ1v) is 8.65. The molecule has 0 spiro atoms. The molecule has 2 N–H and O–H groups in total. The van der Waals surface area contributed by atoms with Crippen molar-refractivity contribution >= 4 is 52.0 Å². The molecule has 0 radical (unpaired) electrons. The molecule has 7 nitrogen and oxygen atoms in total. The average Bonchev–Trinajstić information content (AvgIpc) is 2.95. The smallest absolute Gasteiger partial charge is 0.282 e. The van der Waals surface area contributed by atoms with Gasteiger partial charge >= 0.3 is 0 Å². The van der Waals surface area contributed by atoms with E-state index in [2.05, 4.69) is 15.3 Å². The van der Waals surface area contributed by atoms with Crippen LogP contribution in [-0.4, -0.2) is 33.6 Å². The first-order chi connectivity index (χ1) is 12.9. The molecule has 0 aromatic heterocycles. The minimum atomic E-state index is -0.943. The fraction of sp³-hybridized carbons (Fsp3) is 0.111. The first-order valence-electron chi connectivity index (χ1n) is 7.87. The average molecular weight is 400 g/mol. The molecule has 1 heterocycles. The minimum absolute atomic E-state index is 0.163. The molecule has 2 aromatic rings. The van der Waals surface area contributed by atoms with Gasteiger partial charge in [0.05, 0.1) is 17.0 Å². The van der Waals surface area contributed by atoms with Crippen molar-refractivity contribution in [1.29, 1.82) is 0 Å².